The van der Waals surface area contributed by atoms with Crippen LogP contribution in [-0.4, -0.2) is 30.4 Å². The first-order chi connectivity index (χ1) is 11.1. The summed E-state index contributed by atoms with van der Waals surface area (Å²) in [5.74, 6) is -0.0110. The van der Waals surface area contributed by atoms with E-state index in [4.69, 9.17) is 5.73 Å². The molecule has 0 heterocycles. The number of hydrogen-bond acceptors (Lipinski definition) is 3. The third kappa shape index (κ3) is 5.51. The van der Waals surface area contributed by atoms with E-state index in [1.807, 2.05) is 50.2 Å². The Kier molecular flexibility index (Phi) is 6.32. The average molecular weight is 311 g/mol. The van der Waals surface area contributed by atoms with Gasteiger partial charge < -0.3 is 11.1 Å². The molecule has 0 aromatic heterocycles. The van der Waals surface area contributed by atoms with Gasteiger partial charge in [-0.25, -0.2) is 0 Å². The molecular formula is C19H25N3O. The van der Waals surface area contributed by atoms with Crippen LogP contribution in [0.2, 0.25) is 0 Å². The molecule has 4 nitrogen and oxygen atoms in total. The molecule has 4 heteroatoms. The van der Waals surface area contributed by atoms with Gasteiger partial charge in [-0.05, 0) is 36.6 Å². The third-order valence-corrected chi connectivity index (χ3v) is 3.73. The molecule has 0 atom stereocenters. The van der Waals surface area contributed by atoms with Gasteiger partial charge in [0.1, 0.15) is 0 Å². The highest BCUT2D eigenvalue weighted by molar-refractivity contribution is 5.93. The molecule has 0 fully saturated rings. The van der Waals surface area contributed by atoms with Crippen LogP contribution in [0.5, 0.6) is 0 Å². The molecule has 0 unspecified atom stereocenters. The number of amides is 1. The summed E-state index contributed by atoms with van der Waals surface area (Å²) in [6.45, 7) is 6.29. The Balaban J connectivity index is 1.98. The average Bonchev–Trinajstić information content (AvgIpc) is 2.52. The van der Waals surface area contributed by atoms with E-state index in [0.717, 1.165) is 23.4 Å². The Hall–Kier alpha value is -2.17. The predicted octanol–water partition coefficient (Wildman–Crippen LogP) is 2.70. The molecule has 23 heavy (non-hydrogen) atoms. The minimum absolute atomic E-state index is 0.0110. The van der Waals surface area contributed by atoms with Crippen LogP contribution in [0.25, 0.3) is 0 Å². The van der Waals surface area contributed by atoms with Gasteiger partial charge >= 0.3 is 0 Å². The van der Waals surface area contributed by atoms with Crippen LogP contribution in [0.4, 0.5) is 5.69 Å². The fraction of sp³-hybridized carbons (Fsp3) is 0.316. The SMILES string of the molecule is Cc1ccc(C)c(NC(=O)CN(CCN)Cc2ccccc2)c1. The van der Waals surface area contributed by atoms with Crippen LogP contribution in [0.15, 0.2) is 48.5 Å². The standard InChI is InChI=1S/C19H25N3O/c1-15-8-9-16(2)18(12-15)21-19(23)14-22(11-10-20)13-17-6-4-3-5-7-17/h3-9,12H,10-11,13-14,20H2,1-2H3,(H,21,23). The monoisotopic (exact) mass is 311 g/mol. The molecule has 0 saturated carbocycles. The number of carbonyl (C=O) groups is 1. The van der Waals surface area contributed by atoms with Gasteiger partial charge in [0.05, 0.1) is 6.54 Å². The van der Waals surface area contributed by atoms with Crippen molar-refractivity contribution in [1.82, 2.24) is 4.90 Å². The Morgan fingerprint density at radius 3 is 2.57 bits per heavy atom. The quantitative estimate of drug-likeness (QED) is 0.826. The van der Waals surface area contributed by atoms with E-state index in [9.17, 15) is 4.79 Å². The van der Waals surface area contributed by atoms with Crippen LogP contribution < -0.4 is 11.1 Å². The first-order valence-electron chi connectivity index (χ1n) is 7.92. The van der Waals surface area contributed by atoms with E-state index < -0.39 is 0 Å². The summed E-state index contributed by atoms with van der Waals surface area (Å²) in [4.78, 5) is 14.4. The van der Waals surface area contributed by atoms with E-state index in [-0.39, 0.29) is 5.91 Å². The van der Waals surface area contributed by atoms with E-state index >= 15 is 0 Å². The van der Waals surface area contributed by atoms with Crippen LogP contribution in [0.1, 0.15) is 16.7 Å². The zero-order valence-corrected chi connectivity index (χ0v) is 13.9. The van der Waals surface area contributed by atoms with Crippen molar-refractivity contribution in [2.45, 2.75) is 20.4 Å². The van der Waals surface area contributed by atoms with Crippen molar-refractivity contribution in [2.75, 3.05) is 25.0 Å². The Bertz CT molecular complexity index is 640. The molecule has 2 aromatic rings. The minimum atomic E-state index is -0.0110. The van der Waals surface area contributed by atoms with Crippen LogP contribution in [-0.2, 0) is 11.3 Å². The van der Waals surface area contributed by atoms with Gasteiger partial charge in [-0.3, -0.25) is 9.69 Å². The largest absolute Gasteiger partial charge is 0.329 e. The number of nitrogens with one attached hydrogen (secondary N) is 1. The normalized spacial score (nSPS) is 10.8. The molecule has 2 rings (SSSR count). The summed E-state index contributed by atoms with van der Waals surface area (Å²) in [6, 6.07) is 16.2. The van der Waals surface area contributed by atoms with Gasteiger partial charge in [0.2, 0.25) is 5.91 Å². The van der Waals surface area contributed by atoms with Crippen molar-refractivity contribution >= 4 is 11.6 Å². The van der Waals surface area contributed by atoms with Crippen LogP contribution >= 0.6 is 0 Å². The zero-order valence-electron chi connectivity index (χ0n) is 13.9. The second-order valence-electron chi connectivity index (χ2n) is 5.85. The number of rotatable bonds is 7. The van der Waals surface area contributed by atoms with Crippen LogP contribution in [0.3, 0.4) is 0 Å². The van der Waals surface area contributed by atoms with E-state index in [1.165, 1.54) is 5.56 Å². The summed E-state index contributed by atoms with van der Waals surface area (Å²) >= 11 is 0. The van der Waals surface area contributed by atoms with Gasteiger partial charge in [-0.2, -0.15) is 0 Å². The van der Waals surface area contributed by atoms with Gasteiger partial charge in [-0.1, -0.05) is 42.5 Å². The molecule has 0 saturated heterocycles. The molecule has 0 aliphatic heterocycles. The lowest BCUT2D eigenvalue weighted by molar-refractivity contribution is -0.117. The summed E-state index contributed by atoms with van der Waals surface area (Å²) in [5.41, 5.74) is 9.94. The number of hydrogen-bond donors (Lipinski definition) is 2. The van der Waals surface area contributed by atoms with Crippen LogP contribution in [0, 0.1) is 13.8 Å². The highest BCUT2D eigenvalue weighted by Crippen LogP contribution is 2.16. The summed E-state index contributed by atoms with van der Waals surface area (Å²) in [6.07, 6.45) is 0. The van der Waals surface area contributed by atoms with Gasteiger partial charge in [0.15, 0.2) is 0 Å². The number of nitrogens with two attached hydrogens (primary N) is 1. The maximum Gasteiger partial charge on any atom is 0.238 e. The first-order valence-corrected chi connectivity index (χ1v) is 7.92. The van der Waals surface area contributed by atoms with Crippen molar-refractivity contribution in [2.24, 2.45) is 5.73 Å². The smallest absolute Gasteiger partial charge is 0.238 e. The third-order valence-electron chi connectivity index (χ3n) is 3.73. The minimum Gasteiger partial charge on any atom is -0.329 e. The molecule has 2 aromatic carbocycles. The summed E-state index contributed by atoms with van der Waals surface area (Å²) in [5, 5.41) is 3.00. The lowest BCUT2D eigenvalue weighted by atomic mass is 10.1. The number of anilines is 1. The van der Waals surface area contributed by atoms with Crippen molar-refractivity contribution in [3.63, 3.8) is 0 Å². The topological polar surface area (TPSA) is 58.4 Å². The number of aryl methyl sites for hydroxylation is 2. The van der Waals surface area contributed by atoms with Crippen molar-refractivity contribution in [3.05, 3.63) is 65.2 Å². The number of nitrogens with zero attached hydrogens (tertiary/aromatic N) is 1. The summed E-state index contributed by atoms with van der Waals surface area (Å²) in [7, 11) is 0. The molecule has 0 radical (unpaired) electrons. The molecule has 0 aliphatic carbocycles. The van der Waals surface area contributed by atoms with E-state index in [2.05, 4.69) is 22.3 Å². The second-order valence-corrected chi connectivity index (χ2v) is 5.85. The lowest BCUT2D eigenvalue weighted by Gasteiger charge is -2.21. The molecule has 122 valence electrons. The number of benzene rings is 2. The van der Waals surface area contributed by atoms with Gasteiger partial charge in [0.25, 0.3) is 0 Å². The first kappa shape index (κ1) is 17.2. The Labute approximate surface area is 138 Å². The van der Waals surface area contributed by atoms with E-state index in [1.54, 1.807) is 0 Å². The Morgan fingerprint density at radius 2 is 1.87 bits per heavy atom. The van der Waals surface area contributed by atoms with Gasteiger partial charge in [0, 0.05) is 25.3 Å². The van der Waals surface area contributed by atoms with Crippen molar-refractivity contribution in [3.8, 4) is 0 Å². The maximum absolute atomic E-state index is 12.4. The zero-order chi connectivity index (χ0) is 16.7. The molecule has 1 amide bonds. The van der Waals surface area contributed by atoms with E-state index in [0.29, 0.717) is 19.6 Å². The van der Waals surface area contributed by atoms with Crippen molar-refractivity contribution < 1.29 is 4.79 Å². The number of carbonyl (C=O) groups excluding carboxylic acids is 1. The lowest BCUT2D eigenvalue weighted by Crippen LogP contribution is -2.36. The molecule has 0 bridgehead atoms. The second kappa shape index (κ2) is 8.46. The Morgan fingerprint density at radius 1 is 1.13 bits per heavy atom. The predicted molar refractivity (Wildman–Crippen MR) is 95.3 cm³/mol. The summed E-state index contributed by atoms with van der Waals surface area (Å²) < 4.78 is 0. The fourth-order valence-corrected chi connectivity index (χ4v) is 2.50. The highest BCUT2D eigenvalue weighted by Gasteiger charge is 2.12. The van der Waals surface area contributed by atoms with Crippen molar-refractivity contribution in [1.29, 1.82) is 0 Å². The van der Waals surface area contributed by atoms with Gasteiger partial charge in [-0.15, -0.1) is 0 Å². The maximum atomic E-state index is 12.4. The molecule has 0 aliphatic rings. The fourth-order valence-electron chi connectivity index (χ4n) is 2.50. The molecule has 0 spiro atoms. The molecular weight excluding hydrogens is 286 g/mol. The highest BCUT2D eigenvalue weighted by atomic mass is 16.2. The molecule has 3 N–H and O–H groups in total.